The van der Waals surface area contributed by atoms with Crippen molar-refractivity contribution in [3.8, 4) is 17.2 Å². The predicted octanol–water partition coefficient (Wildman–Crippen LogP) is 10.3. The lowest BCUT2D eigenvalue weighted by Gasteiger charge is -2.20. The zero-order chi connectivity index (χ0) is 27.4. The van der Waals surface area contributed by atoms with Crippen LogP contribution in [0.5, 0.6) is 17.2 Å². The van der Waals surface area contributed by atoms with Crippen molar-refractivity contribution in [1.82, 2.24) is 0 Å². The van der Waals surface area contributed by atoms with Crippen molar-refractivity contribution < 1.29 is 27.0 Å². The number of halogens is 4. The van der Waals surface area contributed by atoms with Gasteiger partial charge in [0.1, 0.15) is 22.9 Å². The first-order valence-corrected chi connectivity index (χ1v) is 13.7. The highest BCUT2D eigenvalue weighted by Gasteiger charge is 2.42. The monoisotopic (exact) mass is 529 g/mol. The minimum Gasteiger partial charge on any atom is -0.454 e. The molecule has 0 heterocycles. The standard InChI is InChI=1S/C32H37F4O2/c1-3-5-6-7-8-9-10-11-13-25-16-20-27(21-17-25)38-32(35,36)30-28(33)22-23-29(31(30)34)37-26-18-14-24(12-4-2)15-19-26/h14-22H,3-13H2,1-2H3. The quantitative estimate of drug-likeness (QED) is 0.136. The van der Waals surface area contributed by atoms with Gasteiger partial charge in [0.15, 0.2) is 11.6 Å². The van der Waals surface area contributed by atoms with Crippen molar-refractivity contribution in [1.29, 1.82) is 0 Å². The number of aryl methyl sites for hydroxylation is 2. The Morgan fingerprint density at radius 2 is 1.24 bits per heavy atom. The van der Waals surface area contributed by atoms with Crippen LogP contribution in [0.15, 0.2) is 54.6 Å². The van der Waals surface area contributed by atoms with Crippen LogP contribution in [0.3, 0.4) is 0 Å². The lowest BCUT2D eigenvalue weighted by molar-refractivity contribution is -0.189. The summed E-state index contributed by atoms with van der Waals surface area (Å²) < 4.78 is 69.4. The summed E-state index contributed by atoms with van der Waals surface area (Å²) in [6.07, 6.45) is 8.07. The van der Waals surface area contributed by atoms with Crippen molar-refractivity contribution in [3.63, 3.8) is 0 Å². The van der Waals surface area contributed by atoms with Gasteiger partial charge in [0.05, 0.1) is 0 Å². The SMILES string of the molecule is CCCCCCCCCCc1ccc(OC(F)(F)c2c(F)c[c]c(Oc3ccc(CCC)cc3)c2F)cc1. The maximum atomic E-state index is 15.0. The summed E-state index contributed by atoms with van der Waals surface area (Å²) in [4.78, 5) is 0. The van der Waals surface area contributed by atoms with Gasteiger partial charge in [-0.15, -0.1) is 0 Å². The van der Waals surface area contributed by atoms with Crippen LogP contribution in [0.2, 0.25) is 0 Å². The maximum Gasteiger partial charge on any atom is 0.432 e. The molecule has 0 unspecified atom stereocenters. The van der Waals surface area contributed by atoms with E-state index in [0.717, 1.165) is 43.2 Å². The summed E-state index contributed by atoms with van der Waals surface area (Å²) in [7, 11) is 0. The number of hydrogen-bond donors (Lipinski definition) is 0. The van der Waals surface area contributed by atoms with Crippen molar-refractivity contribution in [3.05, 3.63) is 89.0 Å². The average molecular weight is 530 g/mol. The summed E-state index contributed by atoms with van der Waals surface area (Å²) in [6.45, 7) is 4.25. The van der Waals surface area contributed by atoms with Gasteiger partial charge >= 0.3 is 6.11 Å². The van der Waals surface area contributed by atoms with Gasteiger partial charge in [0.2, 0.25) is 0 Å². The van der Waals surface area contributed by atoms with Crippen molar-refractivity contribution in [2.24, 2.45) is 0 Å². The first kappa shape index (κ1) is 29.5. The molecule has 38 heavy (non-hydrogen) atoms. The van der Waals surface area contributed by atoms with E-state index in [-0.39, 0.29) is 11.5 Å². The molecular formula is C32H37F4O2. The molecule has 0 aliphatic heterocycles. The molecule has 0 spiro atoms. The van der Waals surface area contributed by atoms with Crippen LogP contribution in [-0.2, 0) is 19.0 Å². The van der Waals surface area contributed by atoms with Gasteiger partial charge in [-0.05, 0) is 60.7 Å². The fraction of sp³-hybridized carbons (Fsp3) is 0.438. The van der Waals surface area contributed by atoms with E-state index < -0.39 is 29.1 Å². The smallest absolute Gasteiger partial charge is 0.432 e. The molecule has 205 valence electrons. The van der Waals surface area contributed by atoms with E-state index in [0.29, 0.717) is 6.07 Å². The molecule has 0 N–H and O–H groups in total. The Labute approximate surface area is 224 Å². The van der Waals surface area contributed by atoms with Crippen LogP contribution < -0.4 is 9.47 Å². The Hall–Kier alpha value is -3.02. The number of hydrogen-bond acceptors (Lipinski definition) is 2. The summed E-state index contributed by atoms with van der Waals surface area (Å²) in [5.41, 5.74) is 0.545. The Kier molecular flexibility index (Phi) is 11.5. The van der Waals surface area contributed by atoms with Crippen molar-refractivity contribution in [2.45, 2.75) is 90.6 Å². The van der Waals surface area contributed by atoms with Gasteiger partial charge < -0.3 is 9.47 Å². The predicted molar refractivity (Wildman–Crippen MR) is 143 cm³/mol. The molecule has 0 saturated carbocycles. The zero-order valence-electron chi connectivity index (χ0n) is 22.3. The largest absolute Gasteiger partial charge is 0.454 e. The number of unbranched alkanes of at least 4 members (excludes halogenated alkanes) is 7. The van der Waals surface area contributed by atoms with E-state index in [2.05, 4.69) is 13.0 Å². The Morgan fingerprint density at radius 1 is 0.684 bits per heavy atom. The molecule has 3 aromatic carbocycles. The van der Waals surface area contributed by atoms with Crippen LogP contribution in [-0.4, -0.2) is 0 Å². The van der Waals surface area contributed by atoms with Crippen molar-refractivity contribution in [2.75, 3.05) is 0 Å². The van der Waals surface area contributed by atoms with E-state index in [4.69, 9.17) is 9.47 Å². The third-order valence-corrected chi connectivity index (χ3v) is 6.45. The molecule has 2 nitrogen and oxygen atoms in total. The zero-order valence-corrected chi connectivity index (χ0v) is 22.3. The molecule has 0 fully saturated rings. The van der Waals surface area contributed by atoms with Crippen LogP contribution in [0, 0.1) is 17.7 Å². The van der Waals surface area contributed by atoms with Crippen LogP contribution >= 0.6 is 0 Å². The average Bonchev–Trinajstić information content (AvgIpc) is 2.89. The molecule has 0 aliphatic rings. The third-order valence-electron chi connectivity index (χ3n) is 6.45. The van der Waals surface area contributed by atoms with Crippen LogP contribution in [0.1, 0.15) is 88.3 Å². The fourth-order valence-corrected chi connectivity index (χ4v) is 4.34. The van der Waals surface area contributed by atoms with Gasteiger partial charge in [0, 0.05) is 6.07 Å². The van der Waals surface area contributed by atoms with E-state index in [1.54, 1.807) is 36.4 Å². The molecule has 0 bridgehead atoms. The first-order chi connectivity index (χ1) is 18.3. The Morgan fingerprint density at radius 3 is 1.84 bits per heavy atom. The maximum absolute atomic E-state index is 15.0. The summed E-state index contributed by atoms with van der Waals surface area (Å²) in [6, 6.07) is 15.9. The molecule has 0 aromatic heterocycles. The lowest BCUT2D eigenvalue weighted by atomic mass is 10.0. The second kappa shape index (κ2) is 14.8. The van der Waals surface area contributed by atoms with E-state index in [1.165, 1.54) is 50.7 Å². The molecular weight excluding hydrogens is 492 g/mol. The first-order valence-electron chi connectivity index (χ1n) is 13.7. The van der Waals surface area contributed by atoms with Crippen LogP contribution in [0.4, 0.5) is 17.6 Å². The topological polar surface area (TPSA) is 18.5 Å². The highest BCUT2D eigenvalue weighted by Crippen LogP contribution is 2.38. The minimum atomic E-state index is -4.26. The minimum absolute atomic E-state index is 0.185. The second-order valence-electron chi connectivity index (χ2n) is 9.64. The third kappa shape index (κ3) is 8.78. The van der Waals surface area contributed by atoms with E-state index in [1.807, 2.05) is 6.92 Å². The summed E-state index contributed by atoms with van der Waals surface area (Å²) in [5.74, 6) is -3.61. The van der Waals surface area contributed by atoms with Gasteiger partial charge in [-0.1, -0.05) is 89.5 Å². The Bertz CT molecular complexity index is 1110. The molecule has 0 aliphatic carbocycles. The van der Waals surface area contributed by atoms with E-state index >= 15 is 4.39 Å². The molecule has 0 atom stereocenters. The molecule has 6 heteroatoms. The van der Waals surface area contributed by atoms with Crippen molar-refractivity contribution >= 4 is 0 Å². The molecule has 0 amide bonds. The second-order valence-corrected chi connectivity index (χ2v) is 9.64. The van der Waals surface area contributed by atoms with E-state index in [9.17, 15) is 13.2 Å². The van der Waals surface area contributed by atoms with Gasteiger partial charge in [-0.2, -0.15) is 8.78 Å². The highest BCUT2D eigenvalue weighted by atomic mass is 19.3. The summed E-state index contributed by atoms with van der Waals surface area (Å²) >= 11 is 0. The normalized spacial score (nSPS) is 11.5. The van der Waals surface area contributed by atoms with Gasteiger partial charge in [0.25, 0.3) is 0 Å². The molecule has 3 rings (SSSR count). The number of benzene rings is 3. The molecule has 0 saturated heterocycles. The van der Waals surface area contributed by atoms with Gasteiger partial charge in [-0.25, -0.2) is 8.78 Å². The lowest BCUT2D eigenvalue weighted by Crippen LogP contribution is -2.25. The Balaban J connectivity index is 1.59. The van der Waals surface area contributed by atoms with Gasteiger partial charge in [-0.3, -0.25) is 0 Å². The number of rotatable bonds is 16. The van der Waals surface area contributed by atoms with Crippen LogP contribution in [0.25, 0.3) is 0 Å². The fourth-order valence-electron chi connectivity index (χ4n) is 4.34. The number of alkyl halides is 2. The summed E-state index contributed by atoms with van der Waals surface area (Å²) in [5, 5.41) is 0. The number of ether oxygens (including phenoxy) is 2. The molecule has 3 aromatic rings. The molecule has 1 radical (unpaired) electrons. The highest BCUT2D eigenvalue weighted by molar-refractivity contribution is 5.38.